The Morgan fingerprint density at radius 2 is 1.67 bits per heavy atom. The van der Waals surface area contributed by atoms with E-state index in [1.165, 1.54) is 4.90 Å². The van der Waals surface area contributed by atoms with Crippen molar-refractivity contribution in [2.45, 2.75) is 19.9 Å². The number of nitrogens with two attached hydrogens (primary N) is 1. The molecular formula is C11H22N4O3. The van der Waals surface area contributed by atoms with E-state index in [2.05, 4.69) is 10.6 Å². The van der Waals surface area contributed by atoms with Crippen LogP contribution in [0, 0.1) is 5.92 Å². The molecule has 0 saturated carbocycles. The molecule has 0 aliphatic heterocycles. The highest BCUT2D eigenvalue weighted by atomic mass is 16.2. The number of amides is 3. The fourth-order valence-corrected chi connectivity index (χ4v) is 0.983. The van der Waals surface area contributed by atoms with E-state index in [-0.39, 0.29) is 30.8 Å². The summed E-state index contributed by atoms with van der Waals surface area (Å²) < 4.78 is 0. The summed E-state index contributed by atoms with van der Waals surface area (Å²) in [5.41, 5.74) is 5.60. The smallest absolute Gasteiger partial charge is 0.241 e. The maximum absolute atomic E-state index is 11.4. The molecule has 0 bridgehead atoms. The molecule has 4 N–H and O–H groups in total. The molecule has 7 nitrogen and oxygen atoms in total. The lowest BCUT2D eigenvalue weighted by molar-refractivity contribution is -0.131. The maximum atomic E-state index is 11.4. The second-order valence-electron chi connectivity index (χ2n) is 4.55. The second-order valence-corrected chi connectivity index (χ2v) is 4.55. The molecule has 0 fully saturated rings. The third-order valence-electron chi connectivity index (χ3n) is 2.38. The molecule has 0 aromatic heterocycles. The first kappa shape index (κ1) is 16.4. The second kappa shape index (κ2) is 7.65. The van der Waals surface area contributed by atoms with Crippen LogP contribution in [0.4, 0.5) is 0 Å². The Balaban J connectivity index is 3.91. The van der Waals surface area contributed by atoms with Crippen LogP contribution in [0.5, 0.6) is 0 Å². The molecule has 0 unspecified atom stereocenters. The van der Waals surface area contributed by atoms with Crippen LogP contribution < -0.4 is 16.4 Å². The van der Waals surface area contributed by atoms with E-state index in [0.717, 1.165) is 0 Å². The number of nitrogens with zero attached hydrogens (tertiary/aromatic N) is 1. The lowest BCUT2D eigenvalue weighted by Gasteiger charge is -2.15. The third kappa shape index (κ3) is 6.19. The van der Waals surface area contributed by atoms with Gasteiger partial charge in [0.1, 0.15) is 0 Å². The molecule has 3 amide bonds. The lowest BCUT2D eigenvalue weighted by Crippen LogP contribution is -2.48. The van der Waals surface area contributed by atoms with E-state index in [1.807, 2.05) is 13.8 Å². The van der Waals surface area contributed by atoms with Gasteiger partial charge in [-0.05, 0) is 5.92 Å². The van der Waals surface area contributed by atoms with Crippen molar-refractivity contribution in [1.82, 2.24) is 15.5 Å². The number of carbonyl (C=O) groups excluding carboxylic acids is 3. The van der Waals surface area contributed by atoms with Crippen molar-refractivity contribution in [3.05, 3.63) is 0 Å². The molecule has 0 spiro atoms. The molecule has 0 rings (SSSR count). The summed E-state index contributed by atoms with van der Waals surface area (Å²) in [7, 11) is 3.19. The van der Waals surface area contributed by atoms with E-state index in [9.17, 15) is 14.4 Å². The molecule has 1 atom stereocenters. The van der Waals surface area contributed by atoms with Gasteiger partial charge in [-0.2, -0.15) is 0 Å². The molecule has 0 aromatic rings. The minimum Gasteiger partial charge on any atom is -0.347 e. The van der Waals surface area contributed by atoms with Gasteiger partial charge in [-0.25, -0.2) is 0 Å². The third-order valence-corrected chi connectivity index (χ3v) is 2.38. The predicted molar refractivity (Wildman–Crippen MR) is 67.5 cm³/mol. The fourth-order valence-electron chi connectivity index (χ4n) is 0.983. The van der Waals surface area contributed by atoms with Crippen LogP contribution in [0.25, 0.3) is 0 Å². The fraction of sp³-hybridized carbons (Fsp3) is 0.727. The Labute approximate surface area is 107 Å². The van der Waals surface area contributed by atoms with Gasteiger partial charge in [0.15, 0.2) is 0 Å². The summed E-state index contributed by atoms with van der Waals surface area (Å²) in [4.78, 5) is 35.3. The number of likely N-dealkylation sites (N-methyl/N-ethyl adjacent to an activating group) is 1. The van der Waals surface area contributed by atoms with E-state index >= 15 is 0 Å². The Bertz CT molecular complexity index is 315. The standard InChI is InChI=1S/C11H22N4O3/c1-7(2)10(12)11(18)14-5-8(16)13-6-9(17)15(3)4/h7,10H,5-6,12H2,1-4H3,(H,13,16)(H,14,18)/t10-/m0/s1. The minimum atomic E-state index is -0.638. The molecule has 0 radical (unpaired) electrons. The molecule has 104 valence electrons. The summed E-state index contributed by atoms with van der Waals surface area (Å²) >= 11 is 0. The first-order chi connectivity index (χ1) is 8.25. The van der Waals surface area contributed by atoms with Crippen molar-refractivity contribution in [2.24, 2.45) is 11.7 Å². The minimum absolute atomic E-state index is 0.00313. The number of hydrogen-bond acceptors (Lipinski definition) is 4. The van der Waals surface area contributed by atoms with Gasteiger partial charge in [0.25, 0.3) is 0 Å². The Morgan fingerprint density at radius 1 is 1.11 bits per heavy atom. The van der Waals surface area contributed by atoms with Crippen LogP contribution >= 0.6 is 0 Å². The van der Waals surface area contributed by atoms with Gasteiger partial charge >= 0.3 is 0 Å². The molecular weight excluding hydrogens is 236 g/mol. The topological polar surface area (TPSA) is 105 Å². The summed E-state index contributed by atoms with van der Waals surface area (Å²) in [6.45, 7) is 3.37. The Hall–Kier alpha value is -1.63. The highest BCUT2D eigenvalue weighted by Gasteiger charge is 2.17. The molecule has 0 aliphatic rings. The van der Waals surface area contributed by atoms with Gasteiger partial charge < -0.3 is 21.3 Å². The van der Waals surface area contributed by atoms with Gasteiger partial charge in [-0.3, -0.25) is 14.4 Å². The quantitative estimate of drug-likeness (QED) is 0.527. The zero-order chi connectivity index (χ0) is 14.3. The van der Waals surface area contributed by atoms with Gasteiger partial charge in [-0.15, -0.1) is 0 Å². The van der Waals surface area contributed by atoms with Crippen molar-refractivity contribution in [3.63, 3.8) is 0 Å². The Morgan fingerprint density at radius 3 is 2.11 bits per heavy atom. The van der Waals surface area contributed by atoms with Crippen molar-refractivity contribution < 1.29 is 14.4 Å². The van der Waals surface area contributed by atoms with Gasteiger partial charge in [0.2, 0.25) is 17.7 Å². The summed E-state index contributed by atoms with van der Waals surface area (Å²) in [6.07, 6.45) is 0. The molecule has 0 saturated heterocycles. The first-order valence-corrected chi connectivity index (χ1v) is 5.75. The lowest BCUT2D eigenvalue weighted by atomic mass is 10.1. The SMILES string of the molecule is CC(C)[C@H](N)C(=O)NCC(=O)NCC(=O)N(C)C. The number of rotatable bonds is 6. The normalized spacial score (nSPS) is 11.9. The van der Waals surface area contributed by atoms with Crippen LogP contribution in [0.3, 0.4) is 0 Å². The van der Waals surface area contributed by atoms with E-state index in [0.29, 0.717) is 0 Å². The van der Waals surface area contributed by atoms with Crippen LogP contribution in [-0.4, -0.2) is 55.8 Å². The van der Waals surface area contributed by atoms with Crippen molar-refractivity contribution in [2.75, 3.05) is 27.2 Å². The molecule has 18 heavy (non-hydrogen) atoms. The molecule has 7 heteroatoms. The number of nitrogens with one attached hydrogen (secondary N) is 2. The monoisotopic (exact) mass is 258 g/mol. The Kier molecular flexibility index (Phi) is 6.96. The largest absolute Gasteiger partial charge is 0.347 e. The van der Waals surface area contributed by atoms with Crippen molar-refractivity contribution in [3.8, 4) is 0 Å². The number of carbonyl (C=O) groups is 3. The zero-order valence-corrected chi connectivity index (χ0v) is 11.3. The predicted octanol–water partition coefficient (Wildman–Crippen LogP) is -1.71. The van der Waals surface area contributed by atoms with E-state index in [4.69, 9.17) is 5.73 Å². The highest BCUT2D eigenvalue weighted by Crippen LogP contribution is 1.97. The average Bonchev–Trinajstić information content (AvgIpc) is 2.31. The van der Waals surface area contributed by atoms with Crippen LogP contribution in [-0.2, 0) is 14.4 Å². The van der Waals surface area contributed by atoms with Gasteiger partial charge in [0, 0.05) is 14.1 Å². The molecule has 0 aromatic carbocycles. The molecule has 0 aliphatic carbocycles. The summed E-state index contributed by atoms with van der Waals surface area (Å²) in [5.74, 6) is -1.01. The summed E-state index contributed by atoms with van der Waals surface area (Å²) in [6, 6.07) is -0.638. The van der Waals surface area contributed by atoms with Gasteiger partial charge in [-0.1, -0.05) is 13.8 Å². The average molecular weight is 258 g/mol. The van der Waals surface area contributed by atoms with Crippen LogP contribution in [0.1, 0.15) is 13.8 Å². The van der Waals surface area contributed by atoms with Crippen LogP contribution in [0.2, 0.25) is 0 Å². The zero-order valence-electron chi connectivity index (χ0n) is 11.3. The van der Waals surface area contributed by atoms with E-state index < -0.39 is 11.9 Å². The van der Waals surface area contributed by atoms with Gasteiger partial charge in [0.05, 0.1) is 19.1 Å². The highest BCUT2D eigenvalue weighted by molar-refractivity contribution is 5.89. The van der Waals surface area contributed by atoms with E-state index in [1.54, 1.807) is 14.1 Å². The van der Waals surface area contributed by atoms with Crippen LogP contribution in [0.15, 0.2) is 0 Å². The molecule has 0 heterocycles. The number of hydrogen-bond donors (Lipinski definition) is 3. The van der Waals surface area contributed by atoms with Crippen molar-refractivity contribution >= 4 is 17.7 Å². The summed E-state index contributed by atoms with van der Waals surface area (Å²) in [5, 5.41) is 4.82. The first-order valence-electron chi connectivity index (χ1n) is 5.75. The maximum Gasteiger partial charge on any atom is 0.241 e. The van der Waals surface area contributed by atoms with Crippen molar-refractivity contribution in [1.29, 1.82) is 0 Å².